The van der Waals surface area contributed by atoms with Gasteiger partial charge < -0.3 is 21.0 Å². The number of fused-ring (bicyclic) bond motifs is 1. The van der Waals surface area contributed by atoms with Crippen LogP contribution in [0.25, 0.3) is 11.0 Å². The molecule has 0 aliphatic heterocycles. The van der Waals surface area contributed by atoms with Crippen LogP contribution in [0.4, 0.5) is 5.69 Å². The van der Waals surface area contributed by atoms with Gasteiger partial charge in [0.25, 0.3) is 0 Å². The van der Waals surface area contributed by atoms with Crippen LogP contribution < -0.4 is 17.1 Å². The van der Waals surface area contributed by atoms with Gasteiger partial charge in [-0.2, -0.15) is 0 Å². The topological polar surface area (TPSA) is 102 Å². The average Bonchev–Trinajstić information content (AvgIpc) is 2.52. The molecule has 5 N–H and O–H groups in total. The zero-order valence-electron chi connectivity index (χ0n) is 12.2. The van der Waals surface area contributed by atoms with Crippen LogP contribution in [-0.2, 0) is 13.0 Å². The lowest BCUT2D eigenvalue weighted by atomic mass is 9.98. The number of phenols is 1. The number of nitrogens with two attached hydrogens (primary N) is 2. The highest BCUT2D eigenvalue weighted by molar-refractivity contribution is 6.33. The maximum Gasteiger partial charge on any atom is 0.340 e. The van der Waals surface area contributed by atoms with Crippen molar-refractivity contribution in [1.29, 1.82) is 0 Å². The third kappa shape index (κ3) is 2.76. The van der Waals surface area contributed by atoms with E-state index >= 15 is 0 Å². The van der Waals surface area contributed by atoms with Crippen LogP contribution in [0.1, 0.15) is 16.7 Å². The van der Waals surface area contributed by atoms with Crippen LogP contribution in [0.15, 0.2) is 45.6 Å². The van der Waals surface area contributed by atoms with Gasteiger partial charge in [0, 0.05) is 30.0 Å². The Morgan fingerprint density at radius 1 is 1.17 bits per heavy atom. The summed E-state index contributed by atoms with van der Waals surface area (Å²) in [4.78, 5) is 12.3. The molecule has 0 fully saturated rings. The molecule has 0 bridgehead atoms. The molecule has 118 valence electrons. The zero-order valence-corrected chi connectivity index (χ0v) is 12.9. The molecule has 0 unspecified atom stereocenters. The predicted octanol–water partition coefficient (Wildman–Crippen LogP) is 2.78. The molecule has 0 radical (unpaired) electrons. The summed E-state index contributed by atoms with van der Waals surface area (Å²) in [5.41, 5.74) is 13.8. The molecular formula is C17H15ClN2O3. The van der Waals surface area contributed by atoms with Crippen LogP contribution in [0.3, 0.4) is 0 Å². The first-order valence-corrected chi connectivity index (χ1v) is 7.39. The fraction of sp³-hybridized carbons (Fsp3) is 0.118. The van der Waals surface area contributed by atoms with Gasteiger partial charge in [-0.05, 0) is 29.3 Å². The second kappa shape index (κ2) is 5.95. The average molecular weight is 331 g/mol. The Labute approximate surface area is 137 Å². The molecule has 0 saturated heterocycles. The third-order valence-electron chi connectivity index (χ3n) is 3.78. The first kappa shape index (κ1) is 15.4. The van der Waals surface area contributed by atoms with Crippen LogP contribution in [-0.4, -0.2) is 5.11 Å². The molecule has 1 heterocycles. The van der Waals surface area contributed by atoms with E-state index in [9.17, 15) is 9.90 Å². The molecule has 5 nitrogen and oxygen atoms in total. The number of aromatic hydroxyl groups is 1. The standard InChI is InChI=1S/C17H15ClN2O3/c18-16-9(2-1-3-14(16)20)6-12-13(8-19)11-5-4-10(21)7-15(11)23-17(12)22/h1-5,7,21H,6,8,19-20H2. The largest absolute Gasteiger partial charge is 0.508 e. The summed E-state index contributed by atoms with van der Waals surface area (Å²) in [7, 11) is 0. The van der Waals surface area contributed by atoms with Crippen molar-refractivity contribution >= 4 is 28.3 Å². The molecular weight excluding hydrogens is 316 g/mol. The fourth-order valence-electron chi connectivity index (χ4n) is 2.63. The van der Waals surface area contributed by atoms with Crippen molar-refractivity contribution in [2.75, 3.05) is 5.73 Å². The quantitative estimate of drug-likeness (QED) is 0.506. The highest BCUT2D eigenvalue weighted by atomic mass is 35.5. The summed E-state index contributed by atoms with van der Waals surface area (Å²) < 4.78 is 5.31. The lowest BCUT2D eigenvalue weighted by Crippen LogP contribution is -2.15. The van der Waals surface area contributed by atoms with E-state index in [0.29, 0.717) is 32.8 Å². The Balaban J connectivity index is 2.21. The molecule has 0 atom stereocenters. The van der Waals surface area contributed by atoms with Gasteiger partial charge in [0.2, 0.25) is 0 Å². The van der Waals surface area contributed by atoms with Crippen molar-refractivity contribution in [3.63, 3.8) is 0 Å². The lowest BCUT2D eigenvalue weighted by Gasteiger charge is -2.11. The molecule has 2 aromatic carbocycles. The van der Waals surface area contributed by atoms with Crippen molar-refractivity contribution in [3.8, 4) is 5.75 Å². The van der Waals surface area contributed by atoms with Crippen LogP contribution in [0, 0.1) is 0 Å². The summed E-state index contributed by atoms with van der Waals surface area (Å²) in [5, 5.41) is 10.6. The highest BCUT2D eigenvalue weighted by Gasteiger charge is 2.16. The summed E-state index contributed by atoms with van der Waals surface area (Å²) in [6.07, 6.45) is 0.273. The van der Waals surface area contributed by atoms with E-state index in [-0.39, 0.29) is 18.7 Å². The summed E-state index contributed by atoms with van der Waals surface area (Å²) in [6, 6.07) is 9.88. The summed E-state index contributed by atoms with van der Waals surface area (Å²) >= 11 is 6.21. The van der Waals surface area contributed by atoms with Crippen molar-refractivity contribution in [2.24, 2.45) is 5.73 Å². The van der Waals surface area contributed by atoms with Gasteiger partial charge >= 0.3 is 5.63 Å². The highest BCUT2D eigenvalue weighted by Crippen LogP contribution is 2.28. The molecule has 1 aromatic heterocycles. The molecule has 0 aliphatic carbocycles. The van der Waals surface area contributed by atoms with E-state index in [1.165, 1.54) is 12.1 Å². The zero-order chi connectivity index (χ0) is 16.6. The maximum absolute atomic E-state index is 12.3. The normalized spacial score (nSPS) is 11.0. The molecule has 0 saturated carbocycles. The SMILES string of the molecule is NCc1c(Cc2cccc(N)c2Cl)c(=O)oc2cc(O)ccc12. The molecule has 23 heavy (non-hydrogen) atoms. The lowest BCUT2D eigenvalue weighted by molar-refractivity contribution is 0.472. The van der Waals surface area contributed by atoms with E-state index in [0.717, 1.165) is 5.56 Å². The van der Waals surface area contributed by atoms with Gasteiger partial charge in [-0.3, -0.25) is 0 Å². The summed E-state index contributed by atoms with van der Waals surface area (Å²) in [6.45, 7) is 0.169. The molecule has 0 aliphatic rings. The molecule has 3 rings (SSSR count). The molecule has 0 amide bonds. The first-order chi connectivity index (χ1) is 11.0. The Hall–Kier alpha value is -2.50. The van der Waals surface area contributed by atoms with Crippen LogP contribution in [0.5, 0.6) is 5.75 Å². The van der Waals surface area contributed by atoms with Gasteiger partial charge in [0.15, 0.2) is 0 Å². The third-order valence-corrected chi connectivity index (χ3v) is 4.24. The Morgan fingerprint density at radius 2 is 1.96 bits per heavy atom. The van der Waals surface area contributed by atoms with E-state index in [1.807, 2.05) is 0 Å². The van der Waals surface area contributed by atoms with E-state index in [1.54, 1.807) is 24.3 Å². The number of hydrogen-bond acceptors (Lipinski definition) is 5. The maximum atomic E-state index is 12.3. The molecule has 0 spiro atoms. The minimum Gasteiger partial charge on any atom is -0.508 e. The Bertz CT molecular complexity index is 950. The number of rotatable bonds is 3. The van der Waals surface area contributed by atoms with E-state index < -0.39 is 5.63 Å². The summed E-state index contributed by atoms with van der Waals surface area (Å²) in [5.74, 6) is 0.0234. The number of phenolic OH excluding ortho intramolecular Hbond substituents is 1. The van der Waals surface area contributed by atoms with Gasteiger partial charge in [-0.15, -0.1) is 0 Å². The second-order valence-electron chi connectivity index (χ2n) is 5.23. The smallest absolute Gasteiger partial charge is 0.340 e. The van der Waals surface area contributed by atoms with E-state index in [2.05, 4.69) is 0 Å². The predicted molar refractivity (Wildman–Crippen MR) is 90.7 cm³/mol. The van der Waals surface area contributed by atoms with Gasteiger partial charge in [0.05, 0.1) is 10.7 Å². The molecule has 3 aromatic rings. The Morgan fingerprint density at radius 3 is 2.70 bits per heavy atom. The first-order valence-electron chi connectivity index (χ1n) is 7.01. The van der Waals surface area contributed by atoms with Gasteiger partial charge in [0.1, 0.15) is 11.3 Å². The van der Waals surface area contributed by atoms with Gasteiger partial charge in [-0.1, -0.05) is 23.7 Å². The van der Waals surface area contributed by atoms with Crippen molar-refractivity contribution in [2.45, 2.75) is 13.0 Å². The minimum atomic E-state index is -0.498. The fourth-order valence-corrected chi connectivity index (χ4v) is 2.82. The monoisotopic (exact) mass is 330 g/mol. The minimum absolute atomic E-state index is 0.0234. The van der Waals surface area contributed by atoms with Crippen LogP contribution in [0.2, 0.25) is 5.02 Å². The Kier molecular flexibility index (Phi) is 3.98. The van der Waals surface area contributed by atoms with Crippen LogP contribution >= 0.6 is 11.6 Å². The van der Waals surface area contributed by atoms with Gasteiger partial charge in [-0.25, -0.2) is 4.79 Å². The van der Waals surface area contributed by atoms with E-state index in [4.69, 9.17) is 27.5 Å². The number of anilines is 1. The number of benzene rings is 2. The number of halogens is 1. The number of hydrogen-bond donors (Lipinski definition) is 3. The van der Waals surface area contributed by atoms with Crippen molar-refractivity contribution in [1.82, 2.24) is 0 Å². The molecule has 6 heteroatoms. The second-order valence-corrected chi connectivity index (χ2v) is 5.61. The van der Waals surface area contributed by atoms with Crippen molar-refractivity contribution in [3.05, 3.63) is 68.5 Å². The van der Waals surface area contributed by atoms with Crippen molar-refractivity contribution < 1.29 is 9.52 Å². The number of nitrogen functional groups attached to an aromatic ring is 1.